The molecule has 1 aromatic heterocycles. The van der Waals surface area contributed by atoms with Crippen molar-refractivity contribution in [2.24, 2.45) is 0 Å². The maximum Gasteiger partial charge on any atom is 0.379 e. The Kier molecular flexibility index (Phi) is 3.01. The number of rotatable bonds is 2. The van der Waals surface area contributed by atoms with E-state index >= 15 is 0 Å². The van der Waals surface area contributed by atoms with Gasteiger partial charge in [0.25, 0.3) is 0 Å². The number of benzene rings is 1. The van der Waals surface area contributed by atoms with E-state index in [1.165, 1.54) is 11.8 Å². The Morgan fingerprint density at radius 3 is 2.62 bits per heavy atom. The summed E-state index contributed by atoms with van der Waals surface area (Å²) >= 11 is 1.33. The van der Waals surface area contributed by atoms with Gasteiger partial charge in [-0.05, 0) is 25.1 Å². The van der Waals surface area contributed by atoms with Crippen LogP contribution >= 0.6 is 11.8 Å². The lowest BCUT2D eigenvalue weighted by Gasteiger charge is -2.03. The van der Waals surface area contributed by atoms with Crippen LogP contribution in [0.1, 0.15) is 5.76 Å². The van der Waals surface area contributed by atoms with Gasteiger partial charge >= 0.3 is 5.63 Å². The quantitative estimate of drug-likeness (QED) is 0.868. The highest BCUT2D eigenvalue weighted by Gasteiger charge is 2.09. The molecule has 2 rings (SSSR count). The Morgan fingerprint density at radius 1 is 1.25 bits per heavy atom. The molecule has 0 aliphatic rings. The van der Waals surface area contributed by atoms with E-state index in [-0.39, 0.29) is 5.75 Å². The third kappa shape index (κ3) is 2.28. The molecule has 16 heavy (non-hydrogen) atoms. The Bertz CT molecular complexity index is 546. The smallest absolute Gasteiger partial charge is 0.379 e. The lowest BCUT2D eigenvalue weighted by molar-refractivity contribution is 0.388. The predicted octanol–water partition coefficient (Wildman–Crippen LogP) is 2.81. The first-order valence-electron chi connectivity index (χ1n) is 4.73. The molecule has 0 spiro atoms. The van der Waals surface area contributed by atoms with E-state index in [0.29, 0.717) is 10.7 Å². The lowest BCUT2D eigenvalue weighted by Crippen LogP contribution is -1.99. The molecule has 1 aromatic carbocycles. The van der Waals surface area contributed by atoms with Gasteiger partial charge in [0.1, 0.15) is 5.76 Å². The van der Waals surface area contributed by atoms with Gasteiger partial charge in [-0.2, -0.15) is 0 Å². The first-order valence-corrected chi connectivity index (χ1v) is 5.55. The van der Waals surface area contributed by atoms with Crippen molar-refractivity contribution in [3.05, 3.63) is 52.6 Å². The molecule has 0 amide bonds. The van der Waals surface area contributed by atoms with E-state index in [9.17, 15) is 9.90 Å². The van der Waals surface area contributed by atoms with Crippen molar-refractivity contribution in [3.63, 3.8) is 0 Å². The number of aromatic hydroxyl groups is 1. The van der Waals surface area contributed by atoms with Crippen molar-refractivity contribution in [3.8, 4) is 5.75 Å². The minimum atomic E-state index is -0.696. The Morgan fingerprint density at radius 2 is 1.94 bits per heavy atom. The van der Waals surface area contributed by atoms with Crippen LogP contribution in [0.3, 0.4) is 0 Å². The minimum Gasteiger partial charge on any atom is -0.501 e. The fraction of sp³-hybridized carbons (Fsp3) is 0.0833. The van der Waals surface area contributed by atoms with E-state index in [1.807, 2.05) is 30.3 Å². The Balaban J connectivity index is 2.39. The number of hydrogen-bond donors (Lipinski definition) is 1. The normalized spacial score (nSPS) is 10.3. The molecular weight excluding hydrogens is 224 g/mol. The van der Waals surface area contributed by atoms with Crippen LogP contribution in [0.5, 0.6) is 5.75 Å². The SMILES string of the molecule is Cc1cc(Sc2ccccc2)c(O)c(=O)o1. The summed E-state index contributed by atoms with van der Waals surface area (Å²) in [5, 5.41) is 9.56. The highest BCUT2D eigenvalue weighted by atomic mass is 32.2. The summed E-state index contributed by atoms with van der Waals surface area (Å²) < 4.78 is 4.77. The number of hydrogen-bond acceptors (Lipinski definition) is 4. The standard InChI is InChI=1S/C12H10O3S/c1-8-7-10(11(13)12(14)15-8)16-9-5-3-2-4-6-9/h2-7,13H,1H3. The van der Waals surface area contributed by atoms with Crippen LogP contribution in [0, 0.1) is 6.92 Å². The van der Waals surface area contributed by atoms with Crippen molar-refractivity contribution >= 4 is 11.8 Å². The van der Waals surface area contributed by atoms with Gasteiger partial charge in [-0.1, -0.05) is 30.0 Å². The summed E-state index contributed by atoms with van der Waals surface area (Å²) in [6, 6.07) is 11.2. The van der Waals surface area contributed by atoms with Gasteiger partial charge in [0.2, 0.25) is 5.75 Å². The molecule has 1 heterocycles. The van der Waals surface area contributed by atoms with Crippen LogP contribution in [0.4, 0.5) is 0 Å². The van der Waals surface area contributed by atoms with Gasteiger partial charge in [0.15, 0.2) is 0 Å². The van der Waals surface area contributed by atoms with Crippen LogP contribution in [-0.4, -0.2) is 5.11 Å². The van der Waals surface area contributed by atoms with E-state index in [2.05, 4.69) is 0 Å². The molecule has 0 saturated carbocycles. The third-order valence-electron chi connectivity index (χ3n) is 1.99. The largest absolute Gasteiger partial charge is 0.501 e. The van der Waals surface area contributed by atoms with E-state index in [1.54, 1.807) is 13.0 Å². The molecule has 0 bridgehead atoms. The Labute approximate surface area is 96.7 Å². The molecule has 0 saturated heterocycles. The molecule has 0 radical (unpaired) electrons. The highest BCUT2D eigenvalue weighted by Crippen LogP contribution is 2.32. The second-order valence-electron chi connectivity index (χ2n) is 3.27. The van der Waals surface area contributed by atoms with Crippen molar-refractivity contribution in [1.82, 2.24) is 0 Å². The zero-order chi connectivity index (χ0) is 11.5. The van der Waals surface area contributed by atoms with Crippen LogP contribution in [-0.2, 0) is 0 Å². The molecule has 0 aliphatic heterocycles. The predicted molar refractivity (Wildman–Crippen MR) is 61.9 cm³/mol. The monoisotopic (exact) mass is 234 g/mol. The summed E-state index contributed by atoms with van der Waals surface area (Å²) in [6.07, 6.45) is 0. The van der Waals surface area contributed by atoms with E-state index in [4.69, 9.17) is 4.42 Å². The fourth-order valence-electron chi connectivity index (χ4n) is 1.27. The van der Waals surface area contributed by atoms with Crippen LogP contribution in [0.25, 0.3) is 0 Å². The first-order chi connectivity index (χ1) is 7.66. The molecule has 0 atom stereocenters. The van der Waals surface area contributed by atoms with Crippen LogP contribution in [0.2, 0.25) is 0 Å². The summed E-state index contributed by atoms with van der Waals surface area (Å²) in [6.45, 7) is 1.68. The maximum absolute atomic E-state index is 11.2. The van der Waals surface area contributed by atoms with Gasteiger partial charge in [-0.3, -0.25) is 0 Å². The molecule has 0 unspecified atom stereocenters. The summed E-state index contributed by atoms with van der Waals surface area (Å²) in [5.41, 5.74) is -0.696. The zero-order valence-corrected chi connectivity index (χ0v) is 9.45. The molecule has 82 valence electrons. The fourth-order valence-corrected chi connectivity index (χ4v) is 2.22. The molecule has 2 aromatic rings. The molecule has 3 nitrogen and oxygen atoms in total. The molecular formula is C12H10O3S. The zero-order valence-electron chi connectivity index (χ0n) is 8.64. The van der Waals surface area contributed by atoms with Crippen molar-refractivity contribution in [1.29, 1.82) is 0 Å². The van der Waals surface area contributed by atoms with Crippen molar-refractivity contribution in [2.45, 2.75) is 16.7 Å². The second-order valence-corrected chi connectivity index (χ2v) is 4.39. The van der Waals surface area contributed by atoms with Gasteiger partial charge in [0.05, 0.1) is 4.90 Å². The Hall–Kier alpha value is -1.68. The van der Waals surface area contributed by atoms with Gasteiger partial charge in [0, 0.05) is 4.90 Å². The maximum atomic E-state index is 11.2. The van der Waals surface area contributed by atoms with Gasteiger partial charge in [-0.15, -0.1) is 0 Å². The summed E-state index contributed by atoms with van der Waals surface area (Å²) in [5.74, 6) is 0.153. The summed E-state index contributed by atoms with van der Waals surface area (Å²) in [4.78, 5) is 12.7. The second kappa shape index (κ2) is 4.45. The van der Waals surface area contributed by atoms with Gasteiger partial charge < -0.3 is 9.52 Å². The highest BCUT2D eigenvalue weighted by molar-refractivity contribution is 7.99. The van der Waals surface area contributed by atoms with Crippen LogP contribution < -0.4 is 5.63 Å². The third-order valence-corrected chi connectivity index (χ3v) is 3.02. The molecule has 4 heteroatoms. The lowest BCUT2D eigenvalue weighted by atomic mass is 10.4. The minimum absolute atomic E-state index is 0.334. The summed E-state index contributed by atoms with van der Waals surface area (Å²) in [7, 11) is 0. The van der Waals surface area contributed by atoms with E-state index < -0.39 is 5.63 Å². The average Bonchev–Trinajstić information content (AvgIpc) is 2.27. The first kappa shape index (κ1) is 10.8. The molecule has 0 fully saturated rings. The van der Waals surface area contributed by atoms with Gasteiger partial charge in [-0.25, -0.2) is 4.79 Å². The number of aryl methyl sites for hydroxylation is 1. The van der Waals surface area contributed by atoms with Crippen LogP contribution in [0.15, 0.2) is 55.4 Å². The topological polar surface area (TPSA) is 50.4 Å². The van der Waals surface area contributed by atoms with Crippen molar-refractivity contribution < 1.29 is 9.52 Å². The average molecular weight is 234 g/mol. The molecule has 0 aliphatic carbocycles. The molecule has 1 N–H and O–H groups in total. The van der Waals surface area contributed by atoms with Crippen molar-refractivity contribution in [2.75, 3.05) is 0 Å². The van der Waals surface area contributed by atoms with E-state index in [0.717, 1.165) is 4.90 Å².